The molecule has 1 saturated heterocycles. The summed E-state index contributed by atoms with van der Waals surface area (Å²) in [5.74, 6) is -0.405. The van der Waals surface area contributed by atoms with Crippen LogP contribution in [-0.2, 0) is 9.53 Å². The van der Waals surface area contributed by atoms with E-state index in [0.717, 1.165) is 0 Å². The second-order valence-electron chi connectivity index (χ2n) is 4.46. The number of nitro groups is 1. The van der Waals surface area contributed by atoms with Crippen molar-refractivity contribution in [2.75, 3.05) is 6.61 Å². The lowest BCUT2D eigenvalue weighted by atomic mass is 9.87. The van der Waals surface area contributed by atoms with E-state index >= 15 is 0 Å². The molecule has 1 aromatic carbocycles. The Hall–Kier alpha value is -2.17. The van der Waals surface area contributed by atoms with E-state index in [0.29, 0.717) is 18.6 Å². The number of esters is 1. The molecule has 5 nitrogen and oxygen atoms in total. The van der Waals surface area contributed by atoms with Gasteiger partial charge in [-0.2, -0.15) is 0 Å². The van der Waals surface area contributed by atoms with Crippen LogP contribution in [0.2, 0.25) is 0 Å². The highest BCUT2D eigenvalue weighted by Gasteiger charge is 2.40. The predicted octanol–water partition coefficient (Wildman–Crippen LogP) is 2.26. The Bertz CT molecular complexity index is 509. The summed E-state index contributed by atoms with van der Waals surface area (Å²) in [5.41, 5.74) is -0.474. The van der Waals surface area contributed by atoms with Crippen molar-refractivity contribution in [3.8, 4) is 0 Å². The molecule has 2 rings (SSSR count). The molecule has 0 amide bonds. The van der Waals surface area contributed by atoms with Crippen LogP contribution >= 0.6 is 0 Å². The van der Waals surface area contributed by atoms with E-state index in [-0.39, 0.29) is 5.70 Å². The molecule has 0 N–H and O–H groups in total. The van der Waals surface area contributed by atoms with Gasteiger partial charge in [-0.25, -0.2) is 0 Å². The number of carbonyl (C=O) groups is 1. The van der Waals surface area contributed by atoms with Crippen molar-refractivity contribution in [3.05, 3.63) is 52.1 Å². The van der Waals surface area contributed by atoms with Gasteiger partial charge in [0.25, 0.3) is 5.70 Å². The molecule has 0 aromatic heterocycles. The number of ether oxygens (including phenoxy) is 1. The number of carbonyl (C=O) groups excluding carboxylic acids is 1. The van der Waals surface area contributed by atoms with E-state index in [2.05, 4.69) is 0 Å². The smallest absolute Gasteiger partial charge is 0.316 e. The number of nitrogens with zero attached hydrogens (tertiary/aromatic N) is 1. The van der Waals surface area contributed by atoms with E-state index in [1.54, 1.807) is 37.3 Å². The molecule has 0 bridgehead atoms. The van der Waals surface area contributed by atoms with Crippen LogP contribution in [0, 0.1) is 15.5 Å². The van der Waals surface area contributed by atoms with Gasteiger partial charge in [-0.3, -0.25) is 14.9 Å². The van der Waals surface area contributed by atoms with Gasteiger partial charge in [0, 0.05) is 12.5 Å². The fourth-order valence-corrected chi connectivity index (χ4v) is 1.91. The lowest BCUT2D eigenvalue weighted by Crippen LogP contribution is -2.21. The quantitative estimate of drug-likeness (QED) is 0.466. The summed E-state index contributed by atoms with van der Waals surface area (Å²) in [6.45, 7) is 1.97. The first-order valence-corrected chi connectivity index (χ1v) is 5.63. The summed E-state index contributed by atoms with van der Waals surface area (Å²) in [7, 11) is 0. The van der Waals surface area contributed by atoms with Crippen LogP contribution in [0.15, 0.2) is 36.4 Å². The molecule has 1 fully saturated rings. The zero-order valence-electron chi connectivity index (χ0n) is 9.96. The van der Waals surface area contributed by atoms with Gasteiger partial charge in [0.15, 0.2) is 0 Å². The van der Waals surface area contributed by atoms with Gasteiger partial charge in [-0.05, 0) is 19.1 Å². The molecule has 0 aliphatic carbocycles. The van der Waals surface area contributed by atoms with E-state index in [9.17, 15) is 14.9 Å². The van der Waals surface area contributed by atoms with Gasteiger partial charge in [0.1, 0.15) is 0 Å². The molecule has 1 heterocycles. The maximum Gasteiger partial charge on any atom is 0.316 e. The molecule has 94 valence electrons. The largest absolute Gasteiger partial charge is 0.465 e. The van der Waals surface area contributed by atoms with Gasteiger partial charge in [0.05, 0.1) is 22.5 Å². The normalized spacial score (nSPS) is 23.8. The van der Waals surface area contributed by atoms with Gasteiger partial charge < -0.3 is 4.74 Å². The summed E-state index contributed by atoms with van der Waals surface area (Å²) in [6, 6.07) is 8.53. The van der Waals surface area contributed by atoms with Crippen LogP contribution in [0.25, 0.3) is 5.70 Å². The Kier molecular flexibility index (Phi) is 3.14. The maximum atomic E-state index is 11.6. The maximum absolute atomic E-state index is 11.6. The lowest BCUT2D eigenvalue weighted by molar-refractivity contribution is -0.376. The van der Waals surface area contributed by atoms with Crippen molar-refractivity contribution in [2.45, 2.75) is 13.3 Å². The second-order valence-corrected chi connectivity index (χ2v) is 4.46. The first-order chi connectivity index (χ1) is 8.53. The number of rotatable bonds is 3. The molecule has 0 radical (unpaired) electrons. The monoisotopic (exact) mass is 247 g/mol. The molecule has 0 saturated carbocycles. The molecule has 1 aliphatic rings. The van der Waals surface area contributed by atoms with Gasteiger partial charge in [-0.15, -0.1) is 0 Å². The fourth-order valence-electron chi connectivity index (χ4n) is 1.91. The van der Waals surface area contributed by atoms with Crippen molar-refractivity contribution in [3.63, 3.8) is 0 Å². The molecule has 1 aromatic rings. The zero-order valence-corrected chi connectivity index (χ0v) is 9.96. The minimum Gasteiger partial charge on any atom is -0.465 e. The van der Waals surface area contributed by atoms with Crippen molar-refractivity contribution >= 4 is 11.7 Å². The molecule has 1 unspecified atom stereocenters. The molecule has 0 spiro atoms. The summed E-state index contributed by atoms with van der Waals surface area (Å²) in [6.07, 6.45) is 1.87. The minimum atomic E-state index is -0.905. The summed E-state index contributed by atoms with van der Waals surface area (Å²) < 4.78 is 4.88. The van der Waals surface area contributed by atoms with Gasteiger partial charge in [0.2, 0.25) is 0 Å². The van der Waals surface area contributed by atoms with Crippen LogP contribution in [-0.4, -0.2) is 17.5 Å². The van der Waals surface area contributed by atoms with Crippen molar-refractivity contribution in [1.29, 1.82) is 0 Å². The molecule has 18 heavy (non-hydrogen) atoms. The highest BCUT2D eigenvalue weighted by Crippen LogP contribution is 2.34. The molecule has 5 heteroatoms. The first kappa shape index (κ1) is 12.3. The lowest BCUT2D eigenvalue weighted by Gasteiger charge is -2.12. The Morgan fingerprint density at radius 1 is 1.44 bits per heavy atom. The Morgan fingerprint density at radius 2 is 2.11 bits per heavy atom. The summed E-state index contributed by atoms with van der Waals surface area (Å²) >= 11 is 0. The fraction of sp³-hybridized carbons (Fsp3) is 0.308. The van der Waals surface area contributed by atoms with Crippen LogP contribution in [0.1, 0.15) is 18.9 Å². The molecule has 1 aliphatic heterocycles. The third-order valence-electron chi connectivity index (χ3n) is 3.04. The van der Waals surface area contributed by atoms with E-state index in [4.69, 9.17) is 4.74 Å². The van der Waals surface area contributed by atoms with E-state index in [1.807, 2.05) is 0 Å². The average molecular weight is 247 g/mol. The number of hydrogen-bond donors (Lipinski definition) is 0. The number of benzene rings is 1. The molecule has 1 atom stereocenters. The zero-order chi connectivity index (χ0) is 13.2. The highest BCUT2D eigenvalue weighted by atomic mass is 16.6. The standard InChI is InChI=1S/C13H13NO4/c1-13(7-8-18-12(13)15)9-11(14(16)17)10-5-3-2-4-6-10/h2-6,9H,7-8H2,1H3/b11-9+. The topological polar surface area (TPSA) is 69.4 Å². The molecular weight excluding hydrogens is 234 g/mol. The second kappa shape index (κ2) is 4.60. The van der Waals surface area contributed by atoms with Crippen LogP contribution in [0.4, 0.5) is 0 Å². The van der Waals surface area contributed by atoms with Gasteiger partial charge >= 0.3 is 5.97 Å². The van der Waals surface area contributed by atoms with Crippen molar-refractivity contribution in [1.82, 2.24) is 0 Å². The summed E-state index contributed by atoms with van der Waals surface area (Å²) in [5, 5.41) is 11.1. The third kappa shape index (κ3) is 2.25. The average Bonchev–Trinajstić information content (AvgIpc) is 2.68. The highest BCUT2D eigenvalue weighted by molar-refractivity contribution is 5.82. The molecular formula is C13H13NO4. The summed E-state index contributed by atoms with van der Waals surface area (Å²) in [4.78, 5) is 22.3. The van der Waals surface area contributed by atoms with Crippen LogP contribution < -0.4 is 0 Å². The van der Waals surface area contributed by atoms with E-state index in [1.165, 1.54) is 6.08 Å². The first-order valence-electron chi connectivity index (χ1n) is 5.63. The minimum absolute atomic E-state index is 0.0584. The Balaban J connectivity index is 2.43. The Morgan fingerprint density at radius 3 is 2.61 bits per heavy atom. The number of cyclic esters (lactones) is 1. The van der Waals surface area contributed by atoms with Crippen LogP contribution in [0.3, 0.4) is 0 Å². The van der Waals surface area contributed by atoms with E-state index < -0.39 is 16.3 Å². The predicted molar refractivity (Wildman–Crippen MR) is 65.1 cm³/mol. The number of hydrogen-bond acceptors (Lipinski definition) is 4. The van der Waals surface area contributed by atoms with Crippen molar-refractivity contribution in [2.24, 2.45) is 5.41 Å². The SMILES string of the molecule is CC1(/C=C(\c2ccccc2)[N+](=O)[O-])CCOC1=O. The third-order valence-corrected chi connectivity index (χ3v) is 3.04. The van der Waals surface area contributed by atoms with Crippen LogP contribution in [0.5, 0.6) is 0 Å². The Labute approximate surface area is 104 Å². The van der Waals surface area contributed by atoms with Gasteiger partial charge in [-0.1, -0.05) is 18.2 Å². The van der Waals surface area contributed by atoms with Crippen molar-refractivity contribution < 1.29 is 14.5 Å².